The quantitative estimate of drug-likeness (QED) is 0.762. The van der Waals surface area contributed by atoms with Gasteiger partial charge in [-0.2, -0.15) is 0 Å². The number of aryl methyl sites for hydroxylation is 1. The number of carbonyl (C=O) groups excluding carboxylic acids is 1. The summed E-state index contributed by atoms with van der Waals surface area (Å²) in [7, 11) is 1.54. The van der Waals surface area contributed by atoms with Crippen LogP contribution in [-0.2, 0) is 6.42 Å². The molecule has 0 amide bonds. The Balaban J connectivity index is 2.34. The smallest absolute Gasteiger partial charge is 0.167 e. The first-order valence-corrected chi connectivity index (χ1v) is 6.60. The van der Waals surface area contributed by atoms with E-state index in [-0.39, 0.29) is 5.78 Å². The summed E-state index contributed by atoms with van der Waals surface area (Å²) >= 11 is 0. The number of hydrogen-bond acceptors (Lipinski definition) is 3. The molecule has 0 radical (unpaired) electrons. The highest BCUT2D eigenvalue weighted by Crippen LogP contribution is 2.32. The topological polar surface area (TPSA) is 35.5 Å². The van der Waals surface area contributed by atoms with E-state index in [1.54, 1.807) is 25.3 Å². The van der Waals surface area contributed by atoms with Crippen LogP contribution in [0.3, 0.4) is 0 Å². The lowest BCUT2D eigenvalue weighted by atomic mass is 10.1. The molecule has 0 heterocycles. The molecule has 0 saturated heterocycles. The van der Waals surface area contributed by atoms with Crippen LogP contribution in [0.2, 0.25) is 0 Å². The number of benzene rings is 2. The maximum absolute atomic E-state index is 11.8. The van der Waals surface area contributed by atoms with Crippen LogP contribution >= 0.6 is 0 Å². The molecule has 3 heteroatoms. The van der Waals surface area contributed by atoms with Crippen LogP contribution in [0.15, 0.2) is 42.5 Å². The first-order chi connectivity index (χ1) is 9.65. The van der Waals surface area contributed by atoms with Crippen LogP contribution in [0, 0.1) is 0 Å². The van der Waals surface area contributed by atoms with Gasteiger partial charge in [0, 0.05) is 0 Å². The molecule has 0 unspecified atom stereocenters. The Labute approximate surface area is 119 Å². The second kappa shape index (κ2) is 6.24. The van der Waals surface area contributed by atoms with Crippen molar-refractivity contribution in [1.82, 2.24) is 0 Å². The molecule has 2 aromatic rings. The molecule has 0 aromatic heterocycles. The van der Waals surface area contributed by atoms with E-state index in [9.17, 15) is 4.79 Å². The van der Waals surface area contributed by atoms with Gasteiger partial charge < -0.3 is 9.47 Å². The van der Waals surface area contributed by atoms with E-state index in [0.717, 1.165) is 6.42 Å². The molecule has 0 spiro atoms. The summed E-state index contributed by atoms with van der Waals surface area (Å²) in [5, 5.41) is 0. The van der Waals surface area contributed by atoms with Crippen molar-refractivity contribution in [3.63, 3.8) is 0 Å². The molecule has 0 fully saturated rings. The van der Waals surface area contributed by atoms with Crippen molar-refractivity contribution in [2.45, 2.75) is 20.3 Å². The zero-order chi connectivity index (χ0) is 14.5. The van der Waals surface area contributed by atoms with Crippen LogP contribution in [0.4, 0.5) is 0 Å². The molecule has 104 valence electrons. The minimum absolute atomic E-state index is 0.0809. The molecule has 20 heavy (non-hydrogen) atoms. The Morgan fingerprint density at radius 3 is 2.25 bits per heavy atom. The first kappa shape index (κ1) is 14.1. The second-order valence-electron chi connectivity index (χ2n) is 4.49. The van der Waals surface area contributed by atoms with Crippen LogP contribution in [0.1, 0.15) is 29.8 Å². The third-order valence-corrected chi connectivity index (χ3v) is 3.12. The van der Waals surface area contributed by atoms with E-state index in [0.29, 0.717) is 22.8 Å². The first-order valence-electron chi connectivity index (χ1n) is 6.60. The molecule has 3 nitrogen and oxygen atoms in total. The molecule has 0 saturated carbocycles. The maximum atomic E-state index is 11.8. The second-order valence-corrected chi connectivity index (χ2v) is 4.49. The van der Waals surface area contributed by atoms with E-state index in [4.69, 9.17) is 9.47 Å². The minimum atomic E-state index is -0.0809. The fourth-order valence-electron chi connectivity index (χ4n) is 2.03. The van der Waals surface area contributed by atoms with Gasteiger partial charge in [0.1, 0.15) is 22.8 Å². The lowest BCUT2D eigenvalue weighted by Crippen LogP contribution is -2.01. The van der Waals surface area contributed by atoms with Gasteiger partial charge in [0.2, 0.25) is 0 Å². The predicted octanol–water partition coefficient (Wildman–Crippen LogP) is 4.25. The highest BCUT2D eigenvalue weighted by atomic mass is 16.5. The van der Waals surface area contributed by atoms with Crippen molar-refractivity contribution in [3.8, 4) is 17.2 Å². The highest BCUT2D eigenvalue weighted by Gasteiger charge is 2.15. The number of ether oxygens (including phenoxy) is 2. The van der Waals surface area contributed by atoms with Gasteiger partial charge in [-0.1, -0.05) is 25.1 Å². The number of Topliss-reactive ketones (excluding diaryl/α,β-unsaturated/α-hetero) is 1. The third-order valence-electron chi connectivity index (χ3n) is 3.12. The van der Waals surface area contributed by atoms with Crippen molar-refractivity contribution in [2.75, 3.05) is 7.11 Å². The summed E-state index contributed by atoms with van der Waals surface area (Å²) in [5.74, 6) is 1.67. The number of carbonyl (C=O) groups is 1. The molecule has 0 atom stereocenters. The average molecular weight is 270 g/mol. The van der Waals surface area contributed by atoms with Gasteiger partial charge in [0.25, 0.3) is 0 Å². The van der Waals surface area contributed by atoms with Gasteiger partial charge in [-0.25, -0.2) is 0 Å². The summed E-state index contributed by atoms with van der Waals surface area (Å²) in [6, 6.07) is 13.2. The van der Waals surface area contributed by atoms with E-state index in [1.807, 2.05) is 24.3 Å². The Bertz CT molecular complexity index is 600. The van der Waals surface area contributed by atoms with Crippen molar-refractivity contribution in [3.05, 3.63) is 53.6 Å². The highest BCUT2D eigenvalue weighted by molar-refractivity contribution is 5.99. The van der Waals surface area contributed by atoms with Crippen LogP contribution < -0.4 is 9.47 Å². The zero-order valence-corrected chi connectivity index (χ0v) is 12.0. The fraction of sp³-hybridized carbons (Fsp3) is 0.235. The van der Waals surface area contributed by atoms with Gasteiger partial charge in [-0.15, -0.1) is 0 Å². The molecule has 0 aliphatic rings. The number of ketones is 1. The van der Waals surface area contributed by atoms with Gasteiger partial charge in [-0.3, -0.25) is 4.79 Å². The van der Waals surface area contributed by atoms with Crippen molar-refractivity contribution in [2.24, 2.45) is 0 Å². The summed E-state index contributed by atoms with van der Waals surface area (Å²) in [5.41, 5.74) is 1.71. The van der Waals surface area contributed by atoms with Crippen molar-refractivity contribution >= 4 is 5.78 Å². The largest absolute Gasteiger partial charge is 0.496 e. The standard InChI is InChI=1S/C17H18O3/c1-4-13-8-10-14(11-9-13)20-16-7-5-6-15(19-3)17(16)12(2)18/h5-11H,4H2,1-3H3. The van der Waals surface area contributed by atoms with Gasteiger partial charge in [0.15, 0.2) is 5.78 Å². The summed E-state index contributed by atoms with van der Waals surface area (Å²) < 4.78 is 11.0. The van der Waals surface area contributed by atoms with Crippen LogP contribution in [-0.4, -0.2) is 12.9 Å². The molecule has 0 aliphatic heterocycles. The van der Waals surface area contributed by atoms with Gasteiger partial charge >= 0.3 is 0 Å². The molecule has 2 aromatic carbocycles. The monoisotopic (exact) mass is 270 g/mol. The lowest BCUT2D eigenvalue weighted by molar-refractivity contribution is 0.101. The Kier molecular flexibility index (Phi) is 4.41. The number of hydrogen-bond donors (Lipinski definition) is 0. The number of methoxy groups -OCH3 is 1. The summed E-state index contributed by atoms with van der Waals surface area (Å²) in [4.78, 5) is 11.8. The third kappa shape index (κ3) is 2.99. The maximum Gasteiger partial charge on any atom is 0.167 e. The Morgan fingerprint density at radius 1 is 1.05 bits per heavy atom. The minimum Gasteiger partial charge on any atom is -0.496 e. The normalized spacial score (nSPS) is 10.2. The van der Waals surface area contributed by atoms with Gasteiger partial charge in [-0.05, 0) is 43.2 Å². The molecular formula is C17H18O3. The fourth-order valence-corrected chi connectivity index (χ4v) is 2.03. The molecular weight excluding hydrogens is 252 g/mol. The Hall–Kier alpha value is -2.29. The lowest BCUT2D eigenvalue weighted by Gasteiger charge is -2.12. The molecule has 0 aliphatic carbocycles. The average Bonchev–Trinajstić information content (AvgIpc) is 2.47. The summed E-state index contributed by atoms with van der Waals surface area (Å²) in [6.45, 7) is 3.61. The van der Waals surface area contributed by atoms with Crippen molar-refractivity contribution in [1.29, 1.82) is 0 Å². The van der Waals surface area contributed by atoms with Crippen LogP contribution in [0.5, 0.6) is 17.2 Å². The van der Waals surface area contributed by atoms with E-state index in [1.165, 1.54) is 12.5 Å². The van der Waals surface area contributed by atoms with Crippen molar-refractivity contribution < 1.29 is 14.3 Å². The summed E-state index contributed by atoms with van der Waals surface area (Å²) in [6.07, 6.45) is 0.984. The van der Waals surface area contributed by atoms with Crippen LogP contribution in [0.25, 0.3) is 0 Å². The van der Waals surface area contributed by atoms with Gasteiger partial charge in [0.05, 0.1) is 7.11 Å². The molecule has 0 N–H and O–H groups in total. The SMILES string of the molecule is CCc1ccc(Oc2cccc(OC)c2C(C)=O)cc1. The Morgan fingerprint density at radius 2 is 1.70 bits per heavy atom. The zero-order valence-electron chi connectivity index (χ0n) is 12.0. The van der Waals surface area contributed by atoms with E-state index in [2.05, 4.69) is 6.92 Å². The number of rotatable bonds is 5. The molecule has 0 bridgehead atoms. The molecule has 2 rings (SSSR count). The van der Waals surface area contributed by atoms with E-state index < -0.39 is 0 Å². The van der Waals surface area contributed by atoms with E-state index >= 15 is 0 Å². The predicted molar refractivity (Wildman–Crippen MR) is 78.9 cm³/mol.